The summed E-state index contributed by atoms with van der Waals surface area (Å²) in [6.07, 6.45) is 11.9. The molecule has 7 atom stereocenters. The highest BCUT2D eigenvalue weighted by atomic mass is 16.5. The molecule has 1 aromatic carbocycles. The lowest BCUT2D eigenvalue weighted by atomic mass is 9.45. The van der Waals surface area contributed by atoms with Crippen molar-refractivity contribution >= 4 is 5.69 Å². The Morgan fingerprint density at radius 3 is 2.51 bits per heavy atom. The molecule has 6 rings (SSSR count). The highest BCUT2D eigenvalue weighted by Gasteiger charge is 2.65. The van der Waals surface area contributed by atoms with E-state index in [4.69, 9.17) is 4.74 Å². The molecular formula is C32H48N2O3. The monoisotopic (exact) mass is 508 g/mol. The Kier molecular flexibility index (Phi) is 6.65. The van der Waals surface area contributed by atoms with Crippen LogP contribution in [0, 0.1) is 28.6 Å². The smallest absolute Gasteiger partial charge is 0.119 e. The number of aliphatic hydroxyl groups excluding tert-OH is 1. The second-order valence-corrected chi connectivity index (χ2v) is 13.4. The van der Waals surface area contributed by atoms with E-state index in [0.29, 0.717) is 17.8 Å². The molecular weight excluding hydrogens is 460 g/mol. The molecule has 204 valence electrons. The number of hydrogen-bond donors (Lipinski definition) is 2. The minimum Gasteiger partial charge on any atom is -0.497 e. The van der Waals surface area contributed by atoms with Crippen molar-refractivity contribution in [3.63, 3.8) is 0 Å². The van der Waals surface area contributed by atoms with E-state index in [1.54, 1.807) is 12.7 Å². The van der Waals surface area contributed by atoms with Crippen LogP contribution in [0.2, 0.25) is 0 Å². The summed E-state index contributed by atoms with van der Waals surface area (Å²) in [5, 5.41) is 23.9. The first kappa shape index (κ1) is 25.7. The molecule has 1 saturated heterocycles. The summed E-state index contributed by atoms with van der Waals surface area (Å²) in [5.74, 6) is 2.37. The van der Waals surface area contributed by atoms with Gasteiger partial charge < -0.3 is 19.8 Å². The molecule has 4 aliphatic carbocycles. The number of nitrogens with zero attached hydrogens (tertiary/aromatic N) is 2. The van der Waals surface area contributed by atoms with Crippen molar-refractivity contribution in [3.05, 3.63) is 35.9 Å². The molecule has 1 heterocycles. The molecule has 5 heteroatoms. The van der Waals surface area contributed by atoms with Crippen LogP contribution in [-0.2, 0) is 0 Å². The van der Waals surface area contributed by atoms with Gasteiger partial charge in [-0.2, -0.15) is 0 Å². The number of benzene rings is 1. The Bertz CT molecular complexity index is 1000. The first-order chi connectivity index (χ1) is 17.8. The van der Waals surface area contributed by atoms with Gasteiger partial charge in [-0.3, -0.25) is 4.90 Å². The number of allylic oxidation sites excluding steroid dienone is 2. The van der Waals surface area contributed by atoms with Crippen LogP contribution in [0.25, 0.3) is 0 Å². The molecule has 0 bridgehead atoms. The van der Waals surface area contributed by atoms with Crippen molar-refractivity contribution < 1.29 is 14.9 Å². The van der Waals surface area contributed by atoms with Crippen LogP contribution in [0.1, 0.15) is 71.6 Å². The van der Waals surface area contributed by atoms with E-state index in [0.717, 1.165) is 64.2 Å². The van der Waals surface area contributed by atoms with E-state index in [1.165, 1.54) is 37.8 Å². The van der Waals surface area contributed by atoms with Gasteiger partial charge in [0.05, 0.1) is 18.8 Å². The number of aliphatic hydroxyl groups is 2. The largest absolute Gasteiger partial charge is 0.497 e. The number of anilines is 1. The fourth-order valence-electron chi connectivity index (χ4n) is 9.75. The standard InChI is InChI=1S/C32H48N2O3/c1-30-14-5-4-6-23(30)7-12-26-27-13-15-32(36,31(27,2)22-28(35)29(26)30)16-17-33-18-20-34(21-19-33)24-8-10-25(37-3)11-9-24/h6,8-11,26-29,35-36H,4-5,7,12-22H2,1-3H3/t26-,27-,28+,29+,30-,31-,32-/m0/s1. The van der Waals surface area contributed by atoms with Crippen LogP contribution in [0.4, 0.5) is 5.69 Å². The SMILES string of the molecule is COc1ccc(N2CCN(CC[C@@]3(O)CC[C@H]4[C@@H]5CCC6=CCCC[C@]6(C)[C@H]5[C@H](O)C[C@@]43C)CC2)cc1. The maximum Gasteiger partial charge on any atom is 0.119 e. The van der Waals surface area contributed by atoms with E-state index < -0.39 is 5.60 Å². The van der Waals surface area contributed by atoms with Gasteiger partial charge in [-0.05, 0) is 105 Å². The van der Waals surface area contributed by atoms with E-state index >= 15 is 0 Å². The number of piperazine rings is 1. The molecule has 1 aliphatic heterocycles. The number of hydrogen-bond acceptors (Lipinski definition) is 5. The van der Waals surface area contributed by atoms with Gasteiger partial charge in [0.25, 0.3) is 0 Å². The number of ether oxygens (including phenoxy) is 1. The van der Waals surface area contributed by atoms with E-state index in [-0.39, 0.29) is 16.9 Å². The van der Waals surface area contributed by atoms with Crippen molar-refractivity contribution in [2.45, 2.75) is 83.3 Å². The molecule has 3 saturated carbocycles. The Balaban J connectivity index is 1.10. The molecule has 37 heavy (non-hydrogen) atoms. The minimum atomic E-state index is -0.666. The van der Waals surface area contributed by atoms with Gasteiger partial charge in [-0.15, -0.1) is 0 Å². The van der Waals surface area contributed by atoms with Crippen molar-refractivity contribution in [1.82, 2.24) is 4.90 Å². The summed E-state index contributed by atoms with van der Waals surface area (Å²) in [6, 6.07) is 8.37. The lowest BCUT2D eigenvalue weighted by molar-refractivity contribution is -0.174. The van der Waals surface area contributed by atoms with Gasteiger partial charge in [0.15, 0.2) is 0 Å². The van der Waals surface area contributed by atoms with Crippen LogP contribution in [0.3, 0.4) is 0 Å². The fraction of sp³-hybridized carbons (Fsp3) is 0.750. The number of fused-ring (bicyclic) bond motifs is 5. The zero-order valence-electron chi connectivity index (χ0n) is 23.3. The first-order valence-electron chi connectivity index (χ1n) is 15.0. The molecule has 4 fully saturated rings. The summed E-state index contributed by atoms with van der Waals surface area (Å²) in [5.41, 5.74) is 2.22. The van der Waals surface area contributed by atoms with E-state index in [9.17, 15) is 10.2 Å². The molecule has 0 radical (unpaired) electrons. The first-order valence-corrected chi connectivity index (χ1v) is 15.0. The Labute approximate surface area is 223 Å². The third kappa shape index (κ3) is 4.15. The fourth-order valence-corrected chi connectivity index (χ4v) is 9.75. The molecule has 0 unspecified atom stereocenters. The lowest BCUT2D eigenvalue weighted by Crippen LogP contribution is -2.60. The Hall–Kier alpha value is -1.56. The molecule has 5 nitrogen and oxygen atoms in total. The van der Waals surface area contributed by atoms with Crippen LogP contribution in [0.15, 0.2) is 35.9 Å². The normalized spacial score (nSPS) is 42.0. The van der Waals surface area contributed by atoms with Gasteiger partial charge in [0, 0.05) is 43.8 Å². The Morgan fingerprint density at radius 1 is 1.03 bits per heavy atom. The maximum absolute atomic E-state index is 12.2. The summed E-state index contributed by atoms with van der Waals surface area (Å²) >= 11 is 0. The maximum atomic E-state index is 12.2. The summed E-state index contributed by atoms with van der Waals surface area (Å²) in [4.78, 5) is 4.99. The quantitative estimate of drug-likeness (QED) is 0.531. The zero-order valence-corrected chi connectivity index (χ0v) is 23.3. The van der Waals surface area contributed by atoms with Crippen LogP contribution in [-0.4, -0.2) is 66.7 Å². The van der Waals surface area contributed by atoms with Crippen LogP contribution >= 0.6 is 0 Å². The zero-order chi connectivity index (χ0) is 25.8. The van der Waals surface area contributed by atoms with E-state index in [2.05, 4.69) is 41.9 Å². The number of methoxy groups -OCH3 is 1. The molecule has 0 amide bonds. The summed E-state index contributed by atoms with van der Waals surface area (Å²) in [7, 11) is 1.71. The van der Waals surface area contributed by atoms with Gasteiger partial charge in [0.2, 0.25) is 0 Å². The van der Waals surface area contributed by atoms with Gasteiger partial charge in [0.1, 0.15) is 5.75 Å². The van der Waals surface area contributed by atoms with Crippen molar-refractivity contribution in [3.8, 4) is 5.75 Å². The highest BCUT2D eigenvalue weighted by molar-refractivity contribution is 5.49. The summed E-state index contributed by atoms with van der Waals surface area (Å²) in [6.45, 7) is 9.83. The second-order valence-electron chi connectivity index (χ2n) is 13.4. The second kappa shape index (κ2) is 9.57. The van der Waals surface area contributed by atoms with Gasteiger partial charge in [-0.1, -0.05) is 25.5 Å². The van der Waals surface area contributed by atoms with E-state index in [1.807, 2.05) is 12.1 Å². The average molecular weight is 509 g/mol. The molecule has 0 spiro atoms. The van der Waals surface area contributed by atoms with Crippen molar-refractivity contribution in [1.29, 1.82) is 0 Å². The van der Waals surface area contributed by atoms with Crippen LogP contribution < -0.4 is 9.64 Å². The van der Waals surface area contributed by atoms with Crippen LogP contribution in [0.5, 0.6) is 5.75 Å². The third-order valence-corrected chi connectivity index (χ3v) is 11.9. The molecule has 5 aliphatic rings. The number of rotatable bonds is 5. The highest BCUT2D eigenvalue weighted by Crippen LogP contribution is 2.68. The van der Waals surface area contributed by atoms with Gasteiger partial charge >= 0.3 is 0 Å². The Morgan fingerprint density at radius 2 is 1.78 bits per heavy atom. The summed E-state index contributed by atoms with van der Waals surface area (Å²) < 4.78 is 5.31. The molecule has 0 aromatic heterocycles. The van der Waals surface area contributed by atoms with Crippen molar-refractivity contribution in [2.24, 2.45) is 28.6 Å². The molecule has 2 N–H and O–H groups in total. The third-order valence-electron chi connectivity index (χ3n) is 11.9. The predicted octanol–water partition coefficient (Wildman–Crippen LogP) is 5.26. The van der Waals surface area contributed by atoms with Gasteiger partial charge in [-0.25, -0.2) is 0 Å². The molecule has 1 aromatic rings. The topological polar surface area (TPSA) is 56.2 Å². The minimum absolute atomic E-state index is 0.173. The lowest BCUT2D eigenvalue weighted by Gasteiger charge is -2.61. The van der Waals surface area contributed by atoms with Crippen molar-refractivity contribution in [2.75, 3.05) is 44.7 Å². The average Bonchev–Trinajstić information content (AvgIpc) is 3.17. The predicted molar refractivity (Wildman–Crippen MR) is 149 cm³/mol.